The van der Waals surface area contributed by atoms with Crippen LogP contribution in [-0.4, -0.2) is 4.98 Å². The minimum atomic E-state index is 0.497. The molecule has 84 valence electrons. The highest BCUT2D eigenvalue weighted by molar-refractivity contribution is 9.10. The van der Waals surface area contributed by atoms with Gasteiger partial charge in [-0.15, -0.1) is 0 Å². The summed E-state index contributed by atoms with van der Waals surface area (Å²) in [7, 11) is 0. The molecule has 0 aliphatic heterocycles. The van der Waals surface area contributed by atoms with Gasteiger partial charge < -0.3 is 4.74 Å². The van der Waals surface area contributed by atoms with Gasteiger partial charge in [-0.05, 0) is 37.3 Å². The van der Waals surface area contributed by atoms with Gasteiger partial charge >= 0.3 is 0 Å². The number of aromatic nitrogens is 1. The van der Waals surface area contributed by atoms with Crippen molar-refractivity contribution in [3.8, 4) is 17.6 Å². The van der Waals surface area contributed by atoms with Crippen LogP contribution in [0.15, 0.2) is 41.0 Å². The van der Waals surface area contributed by atoms with E-state index in [2.05, 4.69) is 27.0 Å². The molecule has 2 rings (SSSR count). The molecule has 0 spiro atoms. The summed E-state index contributed by atoms with van der Waals surface area (Å²) in [4.78, 5) is 4.13. The summed E-state index contributed by atoms with van der Waals surface area (Å²) in [6.07, 6.45) is 1.70. The largest absolute Gasteiger partial charge is 0.454 e. The third-order valence-corrected chi connectivity index (χ3v) is 2.74. The maximum atomic E-state index is 9.00. The topological polar surface area (TPSA) is 45.9 Å². The van der Waals surface area contributed by atoms with E-state index in [-0.39, 0.29) is 0 Å². The third kappa shape index (κ3) is 2.63. The van der Waals surface area contributed by atoms with Gasteiger partial charge in [0.15, 0.2) is 0 Å². The first kappa shape index (κ1) is 11.6. The van der Waals surface area contributed by atoms with Crippen LogP contribution in [-0.2, 0) is 0 Å². The van der Waals surface area contributed by atoms with Gasteiger partial charge in [0.05, 0.1) is 11.3 Å². The number of aryl methyl sites for hydroxylation is 1. The molecule has 0 radical (unpaired) electrons. The Bertz CT molecular complexity index is 590. The van der Waals surface area contributed by atoms with E-state index in [1.165, 1.54) is 0 Å². The highest BCUT2D eigenvalue weighted by Gasteiger charge is 2.07. The van der Waals surface area contributed by atoms with Crippen molar-refractivity contribution >= 4 is 15.9 Å². The SMILES string of the molecule is Cc1ncccc1Oc1cc(Br)ccc1C#N. The second-order valence-corrected chi connectivity index (χ2v) is 4.36. The van der Waals surface area contributed by atoms with Crippen LogP contribution in [0.25, 0.3) is 0 Å². The minimum absolute atomic E-state index is 0.497. The van der Waals surface area contributed by atoms with Crippen molar-refractivity contribution in [2.24, 2.45) is 0 Å². The van der Waals surface area contributed by atoms with Crippen molar-refractivity contribution in [3.63, 3.8) is 0 Å². The first-order valence-electron chi connectivity index (χ1n) is 5.00. The Balaban J connectivity index is 2.40. The van der Waals surface area contributed by atoms with E-state index in [9.17, 15) is 0 Å². The Morgan fingerprint density at radius 1 is 1.29 bits per heavy atom. The van der Waals surface area contributed by atoms with Gasteiger partial charge in [-0.25, -0.2) is 0 Å². The molecule has 1 aromatic heterocycles. The highest BCUT2D eigenvalue weighted by atomic mass is 79.9. The molecule has 3 nitrogen and oxygen atoms in total. The second-order valence-electron chi connectivity index (χ2n) is 3.44. The van der Waals surface area contributed by atoms with E-state index >= 15 is 0 Å². The van der Waals surface area contributed by atoms with Gasteiger partial charge in [-0.1, -0.05) is 15.9 Å². The Labute approximate surface area is 108 Å². The van der Waals surface area contributed by atoms with Crippen molar-refractivity contribution in [3.05, 3.63) is 52.3 Å². The van der Waals surface area contributed by atoms with Gasteiger partial charge in [-0.2, -0.15) is 5.26 Å². The predicted octanol–water partition coefficient (Wildman–Crippen LogP) is 3.82. The Morgan fingerprint density at radius 3 is 2.82 bits per heavy atom. The molecule has 0 unspecified atom stereocenters. The summed E-state index contributed by atoms with van der Waals surface area (Å²) in [6.45, 7) is 1.86. The van der Waals surface area contributed by atoms with Crippen molar-refractivity contribution < 1.29 is 4.74 Å². The molecule has 0 bridgehead atoms. The summed E-state index contributed by atoms with van der Waals surface area (Å²) in [5.74, 6) is 1.18. The molecule has 1 heterocycles. The van der Waals surface area contributed by atoms with Gasteiger partial charge in [-0.3, -0.25) is 4.98 Å². The van der Waals surface area contributed by atoms with Crippen LogP contribution in [0.1, 0.15) is 11.3 Å². The first-order valence-corrected chi connectivity index (χ1v) is 5.79. The maximum absolute atomic E-state index is 9.00. The standard InChI is InChI=1S/C13H9BrN2O/c1-9-12(3-2-6-16-9)17-13-7-11(14)5-4-10(13)8-15/h2-7H,1H3. The second kappa shape index (κ2) is 4.98. The average molecular weight is 289 g/mol. The number of hydrogen-bond donors (Lipinski definition) is 0. The molecule has 1 aromatic carbocycles. The number of halogens is 1. The minimum Gasteiger partial charge on any atom is -0.454 e. The fraction of sp³-hybridized carbons (Fsp3) is 0.0769. The number of ether oxygens (including phenoxy) is 1. The first-order chi connectivity index (χ1) is 8.20. The normalized spacial score (nSPS) is 9.71. The molecule has 0 aliphatic carbocycles. The van der Waals surface area contributed by atoms with Gasteiger partial charge in [0, 0.05) is 10.7 Å². The molecule has 17 heavy (non-hydrogen) atoms. The molecular weight excluding hydrogens is 280 g/mol. The Hall–Kier alpha value is -1.86. The lowest BCUT2D eigenvalue weighted by Crippen LogP contribution is -1.92. The van der Waals surface area contributed by atoms with Crippen molar-refractivity contribution in [1.82, 2.24) is 4.98 Å². The molecule has 2 aromatic rings. The van der Waals surface area contributed by atoms with Crippen molar-refractivity contribution in [2.75, 3.05) is 0 Å². The number of pyridine rings is 1. The van der Waals surface area contributed by atoms with Gasteiger partial charge in [0.2, 0.25) is 0 Å². The lowest BCUT2D eigenvalue weighted by atomic mass is 10.2. The lowest BCUT2D eigenvalue weighted by Gasteiger charge is -2.09. The lowest BCUT2D eigenvalue weighted by molar-refractivity contribution is 0.474. The molecule has 0 saturated carbocycles. The van der Waals surface area contributed by atoms with E-state index in [1.807, 2.05) is 19.1 Å². The summed E-state index contributed by atoms with van der Waals surface area (Å²) in [5.41, 5.74) is 1.29. The van der Waals surface area contributed by atoms with E-state index < -0.39 is 0 Å². The van der Waals surface area contributed by atoms with Crippen LogP contribution < -0.4 is 4.74 Å². The molecule has 0 saturated heterocycles. The van der Waals surface area contributed by atoms with Crippen LogP contribution in [0.3, 0.4) is 0 Å². The number of rotatable bonds is 2. The van der Waals surface area contributed by atoms with E-state index in [4.69, 9.17) is 10.00 Å². The predicted molar refractivity (Wildman–Crippen MR) is 67.9 cm³/mol. The molecule has 0 fully saturated rings. The molecule has 4 heteroatoms. The average Bonchev–Trinajstić information content (AvgIpc) is 2.32. The van der Waals surface area contributed by atoms with Crippen LogP contribution >= 0.6 is 15.9 Å². The zero-order valence-corrected chi connectivity index (χ0v) is 10.7. The maximum Gasteiger partial charge on any atom is 0.148 e. The van der Waals surface area contributed by atoms with Gasteiger partial charge in [0.1, 0.15) is 17.6 Å². The molecular formula is C13H9BrN2O. The summed E-state index contributed by atoms with van der Waals surface area (Å²) in [5, 5.41) is 9.00. The summed E-state index contributed by atoms with van der Waals surface area (Å²) in [6, 6.07) is 11.0. The molecule has 0 atom stereocenters. The fourth-order valence-corrected chi connectivity index (χ4v) is 1.71. The quantitative estimate of drug-likeness (QED) is 0.844. The van der Waals surface area contributed by atoms with Crippen LogP contribution in [0.5, 0.6) is 11.5 Å². The zero-order valence-electron chi connectivity index (χ0n) is 9.14. The molecule has 0 aliphatic rings. The number of benzene rings is 1. The number of nitriles is 1. The summed E-state index contributed by atoms with van der Waals surface area (Å²) >= 11 is 3.35. The van der Waals surface area contributed by atoms with E-state index in [1.54, 1.807) is 24.4 Å². The zero-order chi connectivity index (χ0) is 12.3. The Morgan fingerprint density at radius 2 is 2.12 bits per heavy atom. The molecule has 0 amide bonds. The number of hydrogen-bond acceptors (Lipinski definition) is 3. The van der Waals surface area contributed by atoms with Crippen molar-refractivity contribution in [2.45, 2.75) is 6.92 Å². The smallest absolute Gasteiger partial charge is 0.148 e. The van der Waals surface area contributed by atoms with E-state index in [0.717, 1.165) is 10.2 Å². The monoisotopic (exact) mass is 288 g/mol. The summed E-state index contributed by atoms with van der Waals surface area (Å²) < 4.78 is 6.57. The highest BCUT2D eigenvalue weighted by Crippen LogP contribution is 2.29. The fourth-order valence-electron chi connectivity index (χ4n) is 1.37. The van der Waals surface area contributed by atoms with Crippen LogP contribution in [0.4, 0.5) is 0 Å². The molecule has 0 N–H and O–H groups in total. The third-order valence-electron chi connectivity index (χ3n) is 2.24. The number of nitrogens with zero attached hydrogens (tertiary/aromatic N) is 2. The van der Waals surface area contributed by atoms with Crippen molar-refractivity contribution in [1.29, 1.82) is 5.26 Å². The van der Waals surface area contributed by atoms with Crippen LogP contribution in [0, 0.1) is 18.3 Å². The van der Waals surface area contributed by atoms with E-state index in [0.29, 0.717) is 17.1 Å². The van der Waals surface area contributed by atoms with Crippen LogP contribution in [0.2, 0.25) is 0 Å². The van der Waals surface area contributed by atoms with Gasteiger partial charge in [0.25, 0.3) is 0 Å². The Kier molecular flexibility index (Phi) is 3.40.